The molecular formula is C51H36N2. The van der Waals surface area contributed by atoms with Crippen LogP contribution in [0.3, 0.4) is 0 Å². The minimum atomic E-state index is 0.842. The number of benzene rings is 9. The number of hydrogen-bond donors (Lipinski definition) is 0. The van der Waals surface area contributed by atoms with Crippen LogP contribution in [0.5, 0.6) is 0 Å². The molecule has 10 rings (SSSR count). The predicted octanol–water partition coefficient (Wildman–Crippen LogP) is 13.7. The lowest BCUT2D eigenvalue weighted by atomic mass is 9.83. The fourth-order valence-corrected chi connectivity index (χ4v) is 8.35. The highest BCUT2D eigenvalue weighted by Crippen LogP contribution is 2.47. The summed E-state index contributed by atoms with van der Waals surface area (Å²) in [6.07, 6.45) is 0.842. The molecular weight excluding hydrogens is 641 g/mol. The molecule has 2 nitrogen and oxygen atoms in total. The second-order valence-corrected chi connectivity index (χ2v) is 13.8. The van der Waals surface area contributed by atoms with Crippen LogP contribution in [0.4, 0.5) is 0 Å². The van der Waals surface area contributed by atoms with Crippen LogP contribution in [0.2, 0.25) is 0 Å². The first-order valence-corrected chi connectivity index (χ1v) is 18.5. The average molecular weight is 677 g/mol. The molecule has 2 heteroatoms. The minimum Gasteiger partial charge on any atom is -0.296 e. The molecule has 0 saturated heterocycles. The van der Waals surface area contributed by atoms with Gasteiger partial charge < -0.3 is 0 Å². The van der Waals surface area contributed by atoms with Gasteiger partial charge in [0, 0.05) is 11.8 Å². The molecule has 1 aromatic heterocycles. The zero-order valence-corrected chi connectivity index (χ0v) is 29.5. The molecule has 0 N–H and O–H groups in total. The topological polar surface area (TPSA) is 17.8 Å². The average Bonchev–Trinajstić information content (AvgIpc) is 3.61. The summed E-state index contributed by atoms with van der Waals surface area (Å²) in [5.41, 5.74) is 13.1. The first-order chi connectivity index (χ1) is 26.3. The van der Waals surface area contributed by atoms with E-state index >= 15 is 0 Å². The Bertz CT molecular complexity index is 2970. The van der Waals surface area contributed by atoms with E-state index in [0.29, 0.717) is 0 Å². The molecule has 0 aliphatic heterocycles. The molecule has 0 unspecified atom stereocenters. The van der Waals surface area contributed by atoms with Crippen LogP contribution in [-0.4, -0.2) is 9.55 Å². The molecule has 53 heavy (non-hydrogen) atoms. The molecule has 0 aliphatic carbocycles. The van der Waals surface area contributed by atoms with Crippen molar-refractivity contribution < 1.29 is 0 Å². The third kappa shape index (κ3) is 5.14. The molecule has 0 atom stereocenters. The molecule has 0 aliphatic rings. The minimum absolute atomic E-state index is 0.842. The van der Waals surface area contributed by atoms with Gasteiger partial charge >= 0.3 is 0 Å². The van der Waals surface area contributed by atoms with Crippen molar-refractivity contribution in [3.8, 4) is 50.2 Å². The summed E-state index contributed by atoms with van der Waals surface area (Å²) in [6, 6.07) is 68.5. The van der Waals surface area contributed by atoms with Crippen molar-refractivity contribution >= 4 is 43.4 Å². The van der Waals surface area contributed by atoms with Crippen molar-refractivity contribution in [3.05, 3.63) is 194 Å². The molecule has 9 aromatic carbocycles. The van der Waals surface area contributed by atoms with Gasteiger partial charge in [-0.1, -0.05) is 165 Å². The van der Waals surface area contributed by atoms with Crippen LogP contribution < -0.4 is 0 Å². The quantitative estimate of drug-likeness (QED) is 0.160. The Hall–Kier alpha value is -6.77. The highest BCUT2D eigenvalue weighted by Gasteiger charge is 2.21. The van der Waals surface area contributed by atoms with E-state index in [-0.39, 0.29) is 0 Å². The van der Waals surface area contributed by atoms with E-state index in [1.54, 1.807) is 0 Å². The SMILES string of the molecule is CCc1nc2ccccc2n1-c1ccc(-c2c3ccccc3c(-c3cccc(-c4ccccc4)c3)c3ccc(-c4ccccc4)cc23)c2ccccc12. The number of rotatable bonds is 6. The van der Waals surface area contributed by atoms with Crippen molar-refractivity contribution in [1.82, 2.24) is 9.55 Å². The van der Waals surface area contributed by atoms with Crippen LogP contribution in [-0.2, 0) is 6.42 Å². The summed E-state index contributed by atoms with van der Waals surface area (Å²) < 4.78 is 2.36. The molecule has 10 aromatic rings. The summed E-state index contributed by atoms with van der Waals surface area (Å²) in [7, 11) is 0. The van der Waals surface area contributed by atoms with E-state index in [1.807, 2.05) is 0 Å². The zero-order valence-electron chi connectivity index (χ0n) is 29.5. The van der Waals surface area contributed by atoms with Gasteiger partial charge in [-0.25, -0.2) is 4.98 Å². The first-order valence-electron chi connectivity index (χ1n) is 18.5. The van der Waals surface area contributed by atoms with Crippen LogP contribution in [0.1, 0.15) is 12.7 Å². The smallest absolute Gasteiger partial charge is 0.114 e. The van der Waals surface area contributed by atoms with Crippen molar-refractivity contribution in [2.45, 2.75) is 13.3 Å². The molecule has 0 saturated carbocycles. The van der Waals surface area contributed by atoms with Gasteiger partial charge in [-0.15, -0.1) is 0 Å². The Labute approximate surface area is 309 Å². The highest BCUT2D eigenvalue weighted by molar-refractivity contribution is 6.24. The predicted molar refractivity (Wildman–Crippen MR) is 225 cm³/mol. The molecule has 0 fully saturated rings. The number of nitrogens with zero attached hydrogens (tertiary/aromatic N) is 2. The van der Waals surface area contributed by atoms with E-state index in [2.05, 4.69) is 200 Å². The van der Waals surface area contributed by atoms with Crippen molar-refractivity contribution in [1.29, 1.82) is 0 Å². The summed E-state index contributed by atoms with van der Waals surface area (Å²) in [5.74, 6) is 1.06. The van der Waals surface area contributed by atoms with E-state index in [0.717, 1.165) is 29.0 Å². The van der Waals surface area contributed by atoms with Gasteiger partial charge in [0.05, 0.1) is 16.7 Å². The van der Waals surface area contributed by atoms with Crippen molar-refractivity contribution in [3.63, 3.8) is 0 Å². The van der Waals surface area contributed by atoms with Gasteiger partial charge in [0.15, 0.2) is 0 Å². The van der Waals surface area contributed by atoms with Crippen LogP contribution in [0.25, 0.3) is 93.5 Å². The monoisotopic (exact) mass is 676 g/mol. The van der Waals surface area contributed by atoms with Gasteiger partial charge in [0.2, 0.25) is 0 Å². The van der Waals surface area contributed by atoms with Crippen LogP contribution in [0, 0.1) is 0 Å². The summed E-state index contributed by atoms with van der Waals surface area (Å²) >= 11 is 0. The van der Waals surface area contributed by atoms with Gasteiger partial charge in [-0.05, 0) is 102 Å². The summed E-state index contributed by atoms with van der Waals surface area (Å²) in [4.78, 5) is 5.04. The number of imidazole rings is 1. The normalized spacial score (nSPS) is 11.6. The summed E-state index contributed by atoms with van der Waals surface area (Å²) in [5, 5.41) is 7.40. The maximum Gasteiger partial charge on any atom is 0.114 e. The van der Waals surface area contributed by atoms with Gasteiger partial charge in [-0.2, -0.15) is 0 Å². The molecule has 250 valence electrons. The Balaban J connectivity index is 1.30. The Morgan fingerprint density at radius 1 is 0.396 bits per heavy atom. The molecule has 0 spiro atoms. The fourth-order valence-electron chi connectivity index (χ4n) is 8.35. The number of hydrogen-bond acceptors (Lipinski definition) is 1. The number of para-hydroxylation sites is 2. The molecule has 0 amide bonds. The van der Waals surface area contributed by atoms with E-state index in [1.165, 1.54) is 76.8 Å². The van der Waals surface area contributed by atoms with E-state index < -0.39 is 0 Å². The Morgan fingerprint density at radius 2 is 0.962 bits per heavy atom. The van der Waals surface area contributed by atoms with Gasteiger partial charge in [-0.3, -0.25) is 4.57 Å². The van der Waals surface area contributed by atoms with Crippen molar-refractivity contribution in [2.75, 3.05) is 0 Å². The van der Waals surface area contributed by atoms with E-state index in [9.17, 15) is 0 Å². The Morgan fingerprint density at radius 3 is 1.70 bits per heavy atom. The number of fused-ring (bicyclic) bond motifs is 4. The number of aromatic nitrogens is 2. The Kier molecular flexibility index (Phi) is 7.47. The second kappa shape index (κ2) is 12.8. The van der Waals surface area contributed by atoms with Gasteiger partial charge in [0.1, 0.15) is 5.82 Å². The van der Waals surface area contributed by atoms with Gasteiger partial charge in [0.25, 0.3) is 0 Å². The third-order valence-electron chi connectivity index (χ3n) is 10.7. The maximum atomic E-state index is 5.04. The fraction of sp³-hybridized carbons (Fsp3) is 0.0392. The lowest BCUT2D eigenvalue weighted by Crippen LogP contribution is -2.01. The second-order valence-electron chi connectivity index (χ2n) is 13.8. The summed E-state index contributed by atoms with van der Waals surface area (Å²) in [6.45, 7) is 2.19. The lowest BCUT2D eigenvalue weighted by Gasteiger charge is -2.21. The standard InChI is InChI=1S/C51H36N2/c1-2-49-52-46-26-13-14-27-48(46)53(49)47-31-30-43(39-22-9-10-23-40(39)47)51-42-25-12-11-24-41(42)50(38-21-15-20-36(32-38)34-16-5-3-6-17-34)44-29-28-37(33-45(44)51)35-18-7-4-8-19-35/h3-33H,2H2,1H3. The highest BCUT2D eigenvalue weighted by atomic mass is 15.1. The van der Waals surface area contributed by atoms with Crippen molar-refractivity contribution in [2.24, 2.45) is 0 Å². The molecule has 0 bridgehead atoms. The van der Waals surface area contributed by atoms with E-state index in [4.69, 9.17) is 4.98 Å². The lowest BCUT2D eigenvalue weighted by molar-refractivity contribution is 0.913. The van der Waals surface area contributed by atoms with Crippen LogP contribution >= 0.6 is 0 Å². The first kappa shape index (κ1) is 31.0. The van der Waals surface area contributed by atoms with Crippen LogP contribution in [0.15, 0.2) is 188 Å². The molecule has 1 heterocycles. The zero-order chi connectivity index (χ0) is 35.3. The largest absolute Gasteiger partial charge is 0.296 e. The molecule has 0 radical (unpaired) electrons. The number of aryl methyl sites for hydroxylation is 1. The maximum absolute atomic E-state index is 5.04. The third-order valence-corrected chi connectivity index (χ3v) is 10.7.